The number of carbonyl (C=O) groups excluding carboxylic acids is 2. The highest BCUT2D eigenvalue weighted by atomic mass is 32.1. The van der Waals surface area contributed by atoms with Gasteiger partial charge in [0, 0.05) is 17.5 Å². The summed E-state index contributed by atoms with van der Waals surface area (Å²) in [7, 11) is 0. The lowest BCUT2D eigenvalue weighted by Crippen LogP contribution is -2.30. The molecule has 0 bridgehead atoms. The van der Waals surface area contributed by atoms with Crippen LogP contribution in [-0.4, -0.2) is 16.8 Å². The zero-order chi connectivity index (χ0) is 15.0. The lowest BCUT2D eigenvalue weighted by molar-refractivity contribution is -0.123. The van der Waals surface area contributed by atoms with Crippen LogP contribution in [-0.2, 0) is 9.59 Å². The highest BCUT2D eigenvalue weighted by molar-refractivity contribution is 7.13. The SMILES string of the molecule is Cc1csc(NC(=O)C2CC(=O)Nc3cc(F)ccc32)n1. The molecule has 1 aliphatic rings. The summed E-state index contributed by atoms with van der Waals surface area (Å²) >= 11 is 1.32. The summed E-state index contributed by atoms with van der Waals surface area (Å²) in [4.78, 5) is 28.2. The van der Waals surface area contributed by atoms with Crippen molar-refractivity contribution in [3.63, 3.8) is 0 Å². The topological polar surface area (TPSA) is 71.1 Å². The third-order valence-corrected chi connectivity index (χ3v) is 4.10. The first kappa shape index (κ1) is 13.7. The van der Waals surface area contributed by atoms with E-state index < -0.39 is 11.7 Å². The third-order valence-electron chi connectivity index (χ3n) is 3.22. The van der Waals surface area contributed by atoms with Crippen LogP contribution in [0.25, 0.3) is 0 Å². The molecule has 2 aromatic rings. The molecule has 2 N–H and O–H groups in total. The van der Waals surface area contributed by atoms with E-state index in [-0.39, 0.29) is 18.2 Å². The molecule has 108 valence electrons. The van der Waals surface area contributed by atoms with E-state index in [9.17, 15) is 14.0 Å². The summed E-state index contributed by atoms with van der Waals surface area (Å²) in [5.41, 5.74) is 1.78. The minimum atomic E-state index is -0.640. The molecule has 21 heavy (non-hydrogen) atoms. The Morgan fingerprint density at radius 2 is 2.33 bits per heavy atom. The maximum absolute atomic E-state index is 13.2. The van der Waals surface area contributed by atoms with Crippen LogP contribution in [0.5, 0.6) is 0 Å². The Morgan fingerprint density at radius 3 is 3.05 bits per heavy atom. The Balaban J connectivity index is 1.88. The highest BCUT2D eigenvalue weighted by Gasteiger charge is 2.31. The molecule has 0 fully saturated rings. The van der Waals surface area contributed by atoms with Crippen LogP contribution >= 0.6 is 11.3 Å². The normalized spacial score (nSPS) is 17.0. The number of hydrogen-bond donors (Lipinski definition) is 2. The second kappa shape index (κ2) is 5.25. The van der Waals surface area contributed by atoms with Crippen molar-refractivity contribution in [2.75, 3.05) is 10.6 Å². The van der Waals surface area contributed by atoms with Crippen molar-refractivity contribution in [3.8, 4) is 0 Å². The average Bonchev–Trinajstić information content (AvgIpc) is 2.82. The van der Waals surface area contributed by atoms with E-state index in [1.54, 1.807) is 0 Å². The smallest absolute Gasteiger partial charge is 0.234 e. The quantitative estimate of drug-likeness (QED) is 0.896. The number of aromatic nitrogens is 1. The fraction of sp³-hybridized carbons (Fsp3) is 0.214. The molecule has 1 aromatic carbocycles. The van der Waals surface area contributed by atoms with Gasteiger partial charge in [0.2, 0.25) is 11.8 Å². The molecule has 0 spiro atoms. The van der Waals surface area contributed by atoms with E-state index in [2.05, 4.69) is 15.6 Å². The van der Waals surface area contributed by atoms with Crippen LogP contribution in [0, 0.1) is 12.7 Å². The Labute approximate surface area is 124 Å². The molecule has 1 aliphatic heterocycles. The number of rotatable bonds is 2. The Hall–Kier alpha value is -2.28. The summed E-state index contributed by atoms with van der Waals surface area (Å²) in [6.07, 6.45) is 0.0365. The zero-order valence-corrected chi connectivity index (χ0v) is 12.0. The summed E-state index contributed by atoms with van der Waals surface area (Å²) in [6, 6.07) is 4.03. The van der Waals surface area contributed by atoms with Crippen LogP contribution in [0.15, 0.2) is 23.6 Å². The minimum absolute atomic E-state index is 0.0365. The first-order chi connectivity index (χ1) is 10.0. The van der Waals surface area contributed by atoms with Crippen molar-refractivity contribution in [3.05, 3.63) is 40.7 Å². The third kappa shape index (κ3) is 2.78. The second-order valence-corrected chi connectivity index (χ2v) is 5.68. The number of aryl methyl sites for hydroxylation is 1. The van der Waals surface area contributed by atoms with Gasteiger partial charge in [0.15, 0.2) is 5.13 Å². The lowest BCUT2D eigenvalue weighted by Gasteiger charge is -2.24. The lowest BCUT2D eigenvalue weighted by atomic mass is 9.90. The molecule has 2 heterocycles. The molecule has 0 aliphatic carbocycles. The van der Waals surface area contributed by atoms with Crippen molar-refractivity contribution in [1.29, 1.82) is 0 Å². The fourth-order valence-electron chi connectivity index (χ4n) is 2.28. The fourth-order valence-corrected chi connectivity index (χ4v) is 2.97. The summed E-state index contributed by atoms with van der Waals surface area (Å²) in [6.45, 7) is 1.83. The van der Waals surface area contributed by atoms with E-state index in [1.807, 2.05) is 12.3 Å². The van der Waals surface area contributed by atoms with Crippen LogP contribution in [0.2, 0.25) is 0 Å². The maximum atomic E-state index is 13.2. The van der Waals surface area contributed by atoms with Crippen molar-refractivity contribution in [1.82, 2.24) is 4.98 Å². The highest BCUT2D eigenvalue weighted by Crippen LogP contribution is 2.33. The number of amides is 2. The number of nitrogens with one attached hydrogen (secondary N) is 2. The van der Waals surface area contributed by atoms with E-state index >= 15 is 0 Å². The summed E-state index contributed by atoms with van der Waals surface area (Å²) in [5.74, 6) is -1.71. The second-order valence-electron chi connectivity index (χ2n) is 4.82. The van der Waals surface area contributed by atoms with Gasteiger partial charge in [-0.1, -0.05) is 6.07 Å². The molecule has 0 saturated heterocycles. The number of anilines is 2. The number of benzene rings is 1. The number of halogens is 1. The number of hydrogen-bond acceptors (Lipinski definition) is 4. The van der Waals surface area contributed by atoms with Crippen LogP contribution in [0.4, 0.5) is 15.2 Å². The standard InChI is InChI=1S/C14H12FN3O2S/c1-7-6-21-14(16-7)18-13(20)10-5-12(19)17-11-4-8(15)2-3-9(10)11/h2-4,6,10H,5H2,1H3,(H,17,19)(H,16,18,20). The molecule has 1 atom stereocenters. The van der Waals surface area contributed by atoms with Gasteiger partial charge < -0.3 is 10.6 Å². The van der Waals surface area contributed by atoms with Crippen molar-refractivity contribution in [2.45, 2.75) is 19.3 Å². The van der Waals surface area contributed by atoms with E-state index in [1.165, 1.54) is 29.5 Å². The van der Waals surface area contributed by atoms with E-state index in [4.69, 9.17) is 0 Å². The monoisotopic (exact) mass is 305 g/mol. The molecular weight excluding hydrogens is 293 g/mol. The van der Waals surface area contributed by atoms with Gasteiger partial charge in [-0.2, -0.15) is 0 Å². The molecule has 3 rings (SSSR count). The predicted molar refractivity (Wildman–Crippen MR) is 77.9 cm³/mol. The number of thiazole rings is 1. The van der Waals surface area contributed by atoms with Gasteiger partial charge in [-0.05, 0) is 24.6 Å². The van der Waals surface area contributed by atoms with Gasteiger partial charge in [-0.25, -0.2) is 9.37 Å². The summed E-state index contributed by atoms with van der Waals surface area (Å²) in [5, 5.41) is 7.60. The molecule has 0 saturated carbocycles. The van der Waals surface area contributed by atoms with Crippen LogP contribution in [0.1, 0.15) is 23.6 Å². The van der Waals surface area contributed by atoms with Crippen LogP contribution in [0.3, 0.4) is 0 Å². The van der Waals surface area contributed by atoms with Crippen molar-refractivity contribution >= 4 is 34.0 Å². The zero-order valence-electron chi connectivity index (χ0n) is 11.1. The Morgan fingerprint density at radius 1 is 1.52 bits per heavy atom. The van der Waals surface area contributed by atoms with Gasteiger partial charge in [-0.15, -0.1) is 11.3 Å². The Kier molecular flexibility index (Phi) is 3.42. The first-order valence-electron chi connectivity index (χ1n) is 6.35. The van der Waals surface area contributed by atoms with E-state index in [0.29, 0.717) is 16.4 Å². The first-order valence-corrected chi connectivity index (χ1v) is 7.23. The van der Waals surface area contributed by atoms with Crippen molar-refractivity contribution in [2.24, 2.45) is 0 Å². The van der Waals surface area contributed by atoms with Crippen LogP contribution < -0.4 is 10.6 Å². The maximum Gasteiger partial charge on any atom is 0.234 e. The van der Waals surface area contributed by atoms with Gasteiger partial charge in [0.1, 0.15) is 5.82 Å². The minimum Gasteiger partial charge on any atom is -0.326 e. The molecule has 1 aromatic heterocycles. The molecular formula is C14H12FN3O2S. The van der Waals surface area contributed by atoms with Gasteiger partial charge >= 0.3 is 0 Å². The van der Waals surface area contributed by atoms with Crippen molar-refractivity contribution < 1.29 is 14.0 Å². The predicted octanol–water partition coefficient (Wildman–Crippen LogP) is 2.66. The summed E-state index contributed by atoms with van der Waals surface area (Å²) < 4.78 is 13.2. The molecule has 7 heteroatoms. The van der Waals surface area contributed by atoms with E-state index in [0.717, 1.165) is 5.69 Å². The van der Waals surface area contributed by atoms with Gasteiger partial charge in [0.05, 0.1) is 11.6 Å². The van der Waals surface area contributed by atoms with Gasteiger partial charge in [0.25, 0.3) is 0 Å². The average molecular weight is 305 g/mol. The molecule has 1 unspecified atom stereocenters. The van der Waals surface area contributed by atoms with Gasteiger partial charge in [-0.3, -0.25) is 9.59 Å². The number of nitrogens with zero attached hydrogens (tertiary/aromatic N) is 1. The Bertz CT molecular complexity index is 729. The number of fused-ring (bicyclic) bond motifs is 1. The number of carbonyl (C=O) groups is 2. The molecule has 5 nitrogen and oxygen atoms in total. The molecule has 2 amide bonds. The largest absolute Gasteiger partial charge is 0.326 e. The molecule has 0 radical (unpaired) electrons.